The van der Waals surface area contributed by atoms with E-state index < -0.39 is 0 Å². The molecule has 0 radical (unpaired) electrons. The molecule has 0 saturated carbocycles. The number of morpholine rings is 1. The number of aromatic nitrogens is 1. The number of nitrogens with zero attached hydrogens (tertiary/aromatic N) is 2. The van der Waals surface area contributed by atoms with Gasteiger partial charge in [-0.05, 0) is 17.6 Å². The lowest BCUT2D eigenvalue weighted by molar-refractivity contribution is 0.0565. The molecule has 1 saturated heterocycles. The normalized spacial score (nSPS) is 16.7. The van der Waals surface area contributed by atoms with Crippen molar-refractivity contribution in [3.8, 4) is 0 Å². The molecule has 0 aliphatic carbocycles. The summed E-state index contributed by atoms with van der Waals surface area (Å²) in [6.45, 7) is 2.56. The molecule has 0 unspecified atom stereocenters. The Hall–Kier alpha value is -1.14. The number of hydrogen-bond acceptors (Lipinski definition) is 4. The van der Waals surface area contributed by atoms with Gasteiger partial charge in [0, 0.05) is 19.3 Å². The first kappa shape index (κ1) is 9.42. The molecule has 6 heteroatoms. The number of carbonyl (C=O) groups excluding carboxylic acids is 1. The van der Waals surface area contributed by atoms with Crippen LogP contribution in [0.4, 0.5) is 9.80 Å². The molecule has 76 valence electrons. The van der Waals surface area contributed by atoms with Crippen LogP contribution in [0.1, 0.15) is 0 Å². The zero-order valence-corrected chi connectivity index (χ0v) is 8.42. The van der Waals surface area contributed by atoms with Crippen LogP contribution in [0.25, 0.3) is 0 Å². The highest BCUT2D eigenvalue weighted by atomic mass is 32.1. The number of carbonyl (C=O) groups is 1. The van der Waals surface area contributed by atoms with Gasteiger partial charge in [0.25, 0.3) is 0 Å². The summed E-state index contributed by atoms with van der Waals surface area (Å²) >= 11 is 1.28. The number of nitrogens with one attached hydrogen (secondary N) is 1. The van der Waals surface area contributed by atoms with Gasteiger partial charge in [-0.2, -0.15) is 4.37 Å². The summed E-state index contributed by atoms with van der Waals surface area (Å²) < 4.78 is 9.06. The topological polar surface area (TPSA) is 54.5 Å². The average molecular weight is 213 g/mol. The molecule has 2 heterocycles. The minimum atomic E-state index is -0.0717. The van der Waals surface area contributed by atoms with Crippen molar-refractivity contribution in [2.75, 3.05) is 31.6 Å². The van der Waals surface area contributed by atoms with Crippen LogP contribution in [-0.2, 0) is 4.74 Å². The Bertz CT molecular complexity index is 296. The molecule has 2 amide bonds. The molecule has 1 aliphatic heterocycles. The van der Waals surface area contributed by atoms with Gasteiger partial charge in [-0.25, -0.2) is 4.79 Å². The third-order valence-electron chi connectivity index (χ3n) is 1.97. The number of ether oxygens (including phenoxy) is 1. The van der Waals surface area contributed by atoms with Gasteiger partial charge < -0.3 is 9.64 Å². The van der Waals surface area contributed by atoms with Crippen molar-refractivity contribution in [2.24, 2.45) is 0 Å². The van der Waals surface area contributed by atoms with Gasteiger partial charge in [0.05, 0.1) is 13.2 Å². The third-order valence-corrected chi connectivity index (χ3v) is 2.63. The fourth-order valence-corrected chi connectivity index (χ4v) is 1.72. The van der Waals surface area contributed by atoms with Gasteiger partial charge >= 0.3 is 6.03 Å². The summed E-state index contributed by atoms with van der Waals surface area (Å²) in [4.78, 5) is 13.3. The van der Waals surface area contributed by atoms with Gasteiger partial charge in [0.15, 0.2) is 0 Å². The molecule has 1 N–H and O–H groups in total. The zero-order valence-electron chi connectivity index (χ0n) is 7.60. The summed E-state index contributed by atoms with van der Waals surface area (Å²) in [5.41, 5.74) is 0. The molecular weight excluding hydrogens is 202 g/mol. The Morgan fingerprint density at radius 3 is 3.00 bits per heavy atom. The molecule has 5 nitrogen and oxygen atoms in total. The Morgan fingerprint density at radius 1 is 1.57 bits per heavy atom. The predicted octanol–water partition coefficient (Wildman–Crippen LogP) is 1.01. The van der Waals surface area contributed by atoms with Gasteiger partial charge in [-0.1, -0.05) is 0 Å². The van der Waals surface area contributed by atoms with Crippen molar-refractivity contribution in [3.05, 3.63) is 12.3 Å². The number of amides is 2. The minimum Gasteiger partial charge on any atom is -0.378 e. The maximum Gasteiger partial charge on any atom is 0.322 e. The molecule has 0 aromatic carbocycles. The fourth-order valence-electron chi connectivity index (χ4n) is 1.23. The van der Waals surface area contributed by atoms with Crippen LogP contribution in [0.5, 0.6) is 0 Å². The molecule has 0 atom stereocenters. The van der Waals surface area contributed by atoms with Gasteiger partial charge in [-0.15, -0.1) is 0 Å². The zero-order chi connectivity index (χ0) is 9.80. The van der Waals surface area contributed by atoms with Crippen molar-refractivity contribution in [1.82, 2.24) is 9.27 Å². The van der Waals surface area contributed by atoms with E-state index in [9.17, 15) is 4.79 Å². The van der Waals surface area contributed by atoms with E-state index in [1.165, 1.54) is 11.5 Å². The van der Waals surface area contributed by atoms with Crippen LogP contribution in [-0.4, -0.2) is 41.6 Å². The Kier molecular flexibility index (Phi) is 2.95. The first-order valence-electron chi connectivity index (χ1n) is 4.40. The largest absolute Gasteiger partial charge is 0.378 e. The second-order valence-corrected chi connectivity index (χ2v) is 3.74. The van der Waals surface area contributed by atoms with Crippen LogP contribution in [0.2, 0.25) is 0 Å². The molecular formula is C8H11N3O2S. The smallest absolute Gasteiger partial charge is 0.322 e. The highest BCUT2D eigenvalue weighted by molar-refractivity contribution is 7.10. The lowest BCUT2D eigenvalue weighted by Crippen LogP contribution is -2.42. The molecule has 2 rings (SSSR count). The lowest BCUT2D eigenvalue weighted by Gasteiger charge is -2.26. The van der Waals surface area contributed by atoms with Crippen LogP contribution in [0.3, 0.4) is 0 Å². The maximum atomic E-state index is 11.6. The summed E-state index contributed by atoms with van der Waals surface area (Å²) in [7, 11) is 0. The number of anilines is 1. The van der Waals surface area contributed by atoms with Crippen molar-refractivity contribution in [2.45, 2.75) is 0 Å². The molecule has 1 aromatic rings. The monoisotopic (exact) mass is 213 g/mol. The van der Waals surface area contributed by atoms with Crippen LogP contribution >= 0.6 is 11.5 Å². The molecule has 0 bridgehead atoms. The second kappa shape index (κ2) is 4.39. The fraction of sp³-hybridized carbons (Fsp3) is 0.500. The van der Waals surface area contributed by atoms with E-state index in [4.69, 9.17) is 4.74 Å². The van der Waals surface area contributed by atoms with E-state index in [1.807, 2.05) is 0 Å². The molecule has 1 aliphatic rings. The highest BCUT2D eigenvalue weighted by Gasteiger charge is 2.16. The Labute approximate surface area is 85.8 Å². The van der Waals surface area contributed by atoms with E-state index in [1.54, 1.807) is 17.2 Å². The quantitative estimate of drug-likeness (QED) is 0.757. The van der Waals surface area contributed by atoms with Crippen LogP contribution in [0, 0.1) is 0 Å². The SMILES string of the molecule is O=C(Nc1ccns1)N1CCOCC1. The summed E-state index contributed by atoms with van der Waals surface area (Å²) in [6, 6.07) is 1.71. The van der Waals surface area contributed by atoms with Crippen molar-refractivity contribution in [3.63, 3.8) is 0 Å². The summed E-state index contributed by atoms with van der Waals surface area (Å²) in [5.74, 6) is 0. The summed E-state index contributed by atoms with van der Waals surface area (Å²) in [5, 5.41) is 3.56. The standard InChI is InChI=1S/C8H11N3O2S/c12-8(10-7-1-2-9-14-7)11-3-5-13-6-4-11/h1-2H,3-6H2,(H,10,12). The lowest BCUT2D eigenvalue weighted by atomic mass is 10.4. The molecule has 0 spiro atoms. The van der Waals surface area contributed by atoms with Crippen LogP contribution in [0.15, 0.2) is 12.3 Å². The molecule has 1 aromatic heterocycles. The first-order chi connectivity index (χ1) is 6.86. The van der Waals surface area contributed by atoms with Crippen molar-refractivity contribution in [1.29, 1.82) is 0 Å². The van der Waals surface area contributed by atoms with Crippen LogP contribution < -0.4 is 5.32 Å². The average Bonchev–Trinajstić information content (AvgIpc) is 2.72. The predicted molar refractivity (Wildman–Crippen MR) is 53.5 cm³/mol. The van der Waals surface area contributed by atoms with Gasteiger partial charge in [0.1, 0.15) is 5.00 Å². The van der Waals surface area contributed by atoms with Gasteiger partial charge in [0.2, 0.25) is 0 Å². The Balaban J connectivity index is 1.88. The minimum absolute atomic E-state index is 0.0717. The molecule has 14 heavy (non-hydrogen) atoms. The van der Waals surface area contributed by atoms with Crippen molar-refractivity contribution >= 4 is 22.6 Å². The number of hydrogen-bond donors (Lipinski definition) is 1. The van der Waals surface area contributed by atoms with E-state index >= 15 is 0 Å². The number of rotatable bonds is 1. The third kappa shape index (κ3) is 2.21. The Morgan fingerprint density at radius 2 is 2.36 bits per heavy atom. The first-order valence-corrected chi connectivity index (χ1v) is 5.18. The maximum absolute atomic E-state index is 11.6. The van der Waals surface area contributed by atoms with E-state index in [-0.39, 0.29) is 6.03 Å². The van der Waals surface area contributed by atoms with Gasteiger partial charge in [-0.3, -0.25) is 5.32 Å². The van der Waals surface area contributed by atoms with E-state index in [2.05, 4.69) is 9.69 Å². The van der Waals surface area contributed by atoms with E-state index in [0.717, 1.165) is 5.00 Å². The highest BCUT2D eigenvalue weighted by Crippen LogP contribution is 2.12. The summed E-state index contributed by atoms with van der Waals surface area (Å²) in [6.07, 6.45) is 1.67. The van der Waals surface area contributed by atoms with E-state index in [0.29, 0.717) is 26.3 Å². The number of urea groups is 1. The van der Waals surface area contributed by atoms with Crippen molar-refractivity contribution < 1.29 is 9.53 Å². The second-order valence-electron chi connectivity index (χ2n) is 2.91. The molecule has 1 fully saturated rings.